The van der Waals surface area contributed by atoms with Crippen molar-refractivity contribution in [2.75, 3.05) is 6.61 Å². The molecule has 88 valence electrons. The van der Waals surface area contributed by atoms with Gasteiger partial charge in [0, 0.05) is 19.8 Å². The van der Waals surface area contributed by atoms with Crippen molar-refractivity contribution in [3.8, 4) is 0 Å². The van der Waals surface area contributed by atoms with Crippen LogP contribution in [0.5, 0.6) is 0 Å². The third-order valence-corrected chi connectivity index (χ3v) is 2.44. The summed E-state index contributed by atoms with van der Waals surface area (Å²) in [7, 11) is 2.83. The summed E-state index contributed by atoms with van der Waals surface area (Å²) in [5.74, 6) is -0.698. The minimum Gasteiger partial charge on any atom is -0.462 e. The number of carbonyl (C=O) groups excluding carboxylic acids is 1. The van der Waals surface area contributed by atoms with Gasteiger partial charge < -0.3 is 9.30 Å². The number of nitrogens with zero attached hydrogens (tertiary/aromatic N) is 2. The molecule has 1 rings (SSSR count). The van der Waals surface area contributed by atoms with Crippen molar-refractivity contribution < 1.29 is 9.53 Å². The maximum atomic E-state index is 11.7. The molecule has 6 nitrogen and oxygen atoms in total. The predicted molar refractivity (Wildman–Crippen MR) is 57.6 cm³/mol. The van der Waals surface area contributed by atoms with Crippen LogP contribution in [0.1, 0.15) is 23.0 Å². The molecule has 0 saturated heterocycles. The molecule has 1 heterocycles. The van der Waals surface area contributed by atoms with E-state index in [-0.39, 0.29) is 12.2 Å². The van der Waals surface area contributed by atoms with Crippen LogP contribution in [0.3, 0.4) is 0 Å². The summed E-state index contributed by atoms with van der Waals surface area (Å²) in [6.07, 6.45) is 0. The molecular weight excluding hydrogens is 212 g/mol. The normalized spacial score (nSPS) is 10.2. The van der Waals surface area contributed by atoms with E-state index < -0.39 is 17.2 Å². The first kappa shape index (κ1) is 12.2. The molecule has 1 aromatic rings. The lowest BCUT2D eigenvalue weighted by atomic mass is 10.2. The summed E-state index contributed by atoms with van der Waals surface area (Å²) in [5, 5.41) is 0. The summed E-state index contributed by atoms with van der Waals surface area (Å²) in [4.78, 5) is 34.8. The third-order valence-electron chi connectivity index (χ3n) is 2.44. The molecule has 0 aromatic carbocycles. The van der Waals surface area contributed by atoms with Crippen LogP contribution in [0.4, 0.5) is 0 Å². The first-order valence-electron chi connectivity index (χ1n) is 4.85. The van der Waals surface area contributed by atoms with Crippen LogP contribution in [0.2, 0.25) is 0 Å². The Hall–Kier alpha value is -1.85. The van der Waals surface area contributed by atoms with Crippen LogP contribution >= 0.6 is 0 Å². The van der Waals surface area contributed by atoms with Crippen LogP contribution in [-0.2, 0) is 18.8 Å². The molecule has 0 fully saturated rings. The monoisotopic (exact) mass is 226 g/mol. The lowest BCUT2D eigenvalue weighted by Crippen LogP contribution is -2.41. The van der Waals surface area contributed by atoms with Gasteiger partial charge in [0.25, 0.3) is 5.56 Å². The summed E-state index contributed by atoms with van der Waals surface area (Å²) >= 11 is 0. The van der Waals surface area contributed by atoms with Gasteiger partial charge in [-0.2, -0.15) is 0 Å². The molecule has 0 unspecified atom stereocenters. The van der Waals surface area contributed by atoms with Gasteiger partial charge >= 0.3 is 11.7 Å². The molecule has 0 amide bonds. The fourth-order valence-electron chi connectivity index (χ4n) is 1.38. The van der Waals surface area contributed by atoms with Gasteiger partial charge in [0.15, 0.2) is 0 Å². The average Bonchev–Trinajstić information content (AvgIpc) is 2.24. The lowest BCUT2D eigenvalue weighted by Gasteiger charge is -2.10. The third kappa shape index (κ3) is 1.78. The number of hydrogen-bond donors (Lipinski definition) is 0. The standard InChI is InChI=1S/C10H14N2O4/c1-5-16-9(14)7-6(2)11(3)10(15)12(4)8(7)13/h5H2,1-4H3. The molecular formula is C10H14N2O4. The van der Waals surface area contributed by atoms with Crippen molar-refractivity contribution in [1.82, 2.24) is 9.13 Å². The Labute approximate surface area is 92.1 Å². The fraction of sp³-hybridized carbons (Fsp3) is 0.500. The van der Waals surface area contributed by atoms with Crippen LogP contribution in [0.25, 0.3) is 0 Å². The molecule has 16 heavy (non-hydrogen) atoms. The van der Waals surface area contributed by atoms with Gasteiger partial charge in [-0.3, -0.25) is 9.36 Å². The first-order valence-corrected chi connectivity index (χ1v) is 4.85. The summed E-state index contributed by atoms with van der Waals surface area (Å²) < 4.78 is 6.90. The van der Waals surface area contributed by atoms with Gasteiger partial charge in [-0.25, -0.2) is 9.59 Å². The van der Waals surface area contributed by atoms with Gasteiger partial charge in [0.2, 0.25) is 0 Å². The Morgan fingerprint density at radius 2 is 1.81 bits per heavy atom. The zero-order chi connectivity index (χ0) is 12.5. The van der Waals surface area contributed by atoms with Crippen molar-refractivity contribution in [2.24, 2.45) is 14.1 Å². The quantitative estimate of drug-likeness (QED) is 0.641. The van der Waals surface area contributed by atoms with Gasteiger partial charge in [0.1, 0.15) is 5.56 Å². The summed E-state index contributed by atoms with van der Waals surface area (Å²) in [6.45, 7) is 3.37. The molecule has 0 spiro atoms. The van der Waals surface area contributed by atoms with E-state index in [1.807, 2.05) is 0 Å². The van der Waals surface area contributed by atoms with Gasteiger partial charge in [-0.05, 0) is 13.8 Å². The van der Waals surface area contributed by atoms with E-state index in [1.165, 1.54) is 25.6 Å². The second-order valence-electron chi connectivity index (χ2n) is 3.39. The molecule has 0 radical (unpaired) electrons. The smallest absolute Gasteiger partial charge is 0.345 e. The van der Waals surface area contributed by atoms with Crippen molar-refractivity contribution >= 4 is 5.97 Å². The molecule has 0 saturated carbocycles. The van der Waals surface area contributed by atoms with E-state index >= 15 is 0 Å². The number of esters is 1. The zero-order valence-corrected chi connectivity index (χ0v) is 9.73. The number of rotatable bonds is 2. The number of aromatic nitrogens is 2. The molecule has 0 atom stereocenters. The average molecular weight is 226 g/mol. The Bertz CT molecular complexity index is 539. The Balaban J connectivity index is 3.59. The molecule has 0 aliphatic heterocycles. The zero-order valence-electron chi connectivity index (χ0n) is 9.73. The maximum absolute atomic E-state index is 11.7. The fourth-order valence-corrected chi connectivity index (χ4v) is 1.38. The SMILES string of the molecule is CCOC(=O)c1c(C)n(C)c(=O)n(C)c1=O. The predicted octanol–water partition coefficient (Wildman–Crippen LogP) is -0.431. The van der Waals surface area contributed by atoms with Crippen LogP contribution in [0, 0.1) is 6.92 Å². The van der Waals surface area contributed by atoms with E-state index in [9.17, 15) is 14.4 Å². The van der Waals surface area contributed by atoms with E-state index in [2.05, 4.69) is 0 Å². The Morgan fingerprint density at radius 3 is 2.31 bits per heavy atom. The number of hydrogen-bond acceptors (Lipinski definition) is 4. The minimum atomic E-state index is -0.698. The topological polar surface area (TPSA) is 70.3 Å². The van der Waals surface area contributed by atoms with Crippen molar-refractivity contribution in [3.05, 3.63) is 32.1 Å². The molecule has 0 aliphatic carbocycles. The highest BCUT2D eigenvalue weighted by Crippen LogP contribution is 2.00. The number of carbonyl (C=O) groups is 1. The van der Waals surface area contributed by atoms with Crippen LogP contribution in [0.15, 0.2) is 9.59 Å². The lowest BCUT2D eigenvalue weighted by molar-refractivity contribution is 0.0521. The van der Waals surface area contributed by atoms with E-state index in [0.29, 0.717) is 5.69 Å². The van der Waals surface area contributed by atoms with Gasteiger partial charge in [-0.15, -0.1) is 0 Å². The second-order valence-corrected chi connectivity index (χ2v) is 3.39. The molecule has 1 aromatic heterocycles. The highest BCUT2D eigenvalue weighted by Gasteiger charge is 2.19. The summed E-state index contributed by atoms with van der Waals surface area (Å²) in [6, 6.07) is 0. The minimum absolute atomic E-state index is 0.0912. The van der Waals surface area contributed by atoms with Crippen LogP contribution in [-0.4, -0.2) is 21.7 Å². The van der Waals surface area contributed by atoms with Crippen molar-refractivity contribution in [2.45, 2.75) is 13.8 Å². The molecule has 0 N–H and O–H groups in total. The molecule has 0 aliphatic rings. The van der Waals surface area contributed by atoms with E-state index in [1.54, 1.807) is 6.92 Å². The van der Waals surface area contributed by atoms with Crippen LogP contribution < -0.4 is 11.2 Å². The molecule has 0 bridgehead atoms. The highest BCUT2D eigenvalue weighted by molar-refractivity contribution is 5.90. The van der Waals surface area contributed by atoms with E-state index in [4.69, 9.17) is 4.74 Å². The van der Waals surface area contributed by atoms with Crippen molar-refractivity contribution in [1.29, 1.82) is 0 Å². The van der Waals surface area contributed by atoms with Crippen molar-refractivity contribution in [3.63, 3.8) is 0 Å². The van der Waals surface area contributed by atoms with Gasteiger partial charge in [0.05, 0.1) is 6.61 Å². The van der Waals surface area contributed by atoms with E-state index in [0.717, 1.165) is 4.57 Å². The second kappa shape index (κ2) is 4.34. The largest absolute Gasteiger partial charge is 0.462 e. The Morgan fingerprint density at radius 1 is 1.25 bits per heavy atom. The Kier molecular flexibility index (Phi) is 3.31. The maximum Gasteiger partial charge on any atom is 0.345 e. The summed E-state index contributed by atoms with van der Waals surface area (Å²) in [5.41, 5.74) is -0.868. The molecule has 6 heteroatoms. The first-order chi connectivity index (χ1) is 7.41. The van der Waals surface area contributed by atoms with Gasteiger partial charge in [-0.1, -0.05) is 0 Å². The number of ether oxygens (including phenoxy) is 1. The highest BCUT2D eigenvalue weighted by atomic mass is 16.5.